The molecule has 1 unspecified atom stereocenters. The fraction of sp³-hybridized carbons (Fsp3) is 0.235. The molecule has 0 radical (unpaired) electrons. The Balaban J connectivity index is 2.07. The topological polar surface area (TPSA) is 42.5 Å². The molecule has 0 spiro atoms. The Labute approximate surface area is 157 Å². The second-order valence-electron chi connectivity index (χ2n) is 5.04. The van der Waals surface area contributed by atoms with Gasteiger partial charge < -0.3 is 20.1 Å². The number of ether oxygens (including phenoxy) is 2. The van der Waals surface area contributed by atoms with E-state index in [2.05, 4.69) is 10.6 Å². The van der Waals surface area contributed by atoms with Crippen LogP contribution in [-0.2, 0) is 0 Å². The van der Waals surface area contributed by atoms with Crippen molar-refractivity contribution in [2.75, 3.05) is 19.5 Å². The van der Waals surface area contributed by atoms with Crippen molar-refractivity contribution in [2.24, 2.45) is 0 Å². The molecule has 0 bridgehead atoms. The summed E-state index contributed by atoms with van der Waals surface area (Å²) >= 11 is 17.5. The number of benzene rings is 2. The van der Waals surface area contributed by atoms with E-state index in [1.807, 2.05) is 31.2 Å². The van der Waals surface area contributed by atoms with E-state index in [-0.39, 0.29) is 6.04 Å². The average Bonchev–Trinajstić information content (AvgIpc) is 2.58. The first-order valence-electron chi connectivity index (χ1n) is 7.19. The first-order chi connectivity index (χ1) is 11.5. The number of halogens is 2. The van der Waals surface area contributed by atoms with Gasteiger partial charge in [-0.05, 0) is 49.0 Å². The molecule has 4 nitrogen and oxygen atoms in total. The highest BCUT2D eigenvalue weighted by Crippen LogP contribution is 2.31. The normalized spacial score (nSPS) is 11.5. The zero-order valence-corrected chi connectivity index (χ0v) is 15.9. The molecular weight excluding hydrogens is 367 g/mol. The Morgan fingerprint density at radius 3 is 2.46 bits per heavy atom. The second-order valence-corrected chi connectivity index (χ2v) is 6.23. The minimum absolute atomic E-state index is 0.0391. The van der Waals surface area contributed by atoms with Gasteiger partial charge in [-0.15, -0.1) is 0 Å². The molecule has 7 heteroatoms. The molecule has 0 aliphatic heterocycles. The summed E-state index contributed by atoms with van der Waals surface area (Å²) in [5.74, 6) is 1.35. The molecule has 24 heavy (non-hydrogen) atoms. The molecule has 0 aliphatic rings. The second kappa shape index (κ2) is 8.42. The highest BCUT2D eigenvalue weighted by molar-refractivity contribution is 7.80. The van der Waals surface area contributed by atoms with Gasteiger partial charge in [0.1, 0.15) is 0 Å². The van der Waals surface area contributed by atoms with Crippen LogP contribution < -0.4 is 20.1 Å². The minimum Gasteiger partial charge on any atom is -0.493 e. The van der Waals surface area contributed by atoms with E-state index in [4.69, 9.17) is 44.9 Å². The fourth-order valence-electron chi connectivity index (χ4n) is 2.16. The van der Waals surface area contributed by atoms with Gasteiger partial charge in [-0.1, -0.05) is 35.3 Å². The Hall–Kier alpha value is -1.69. The van der Waals surface area contributed by atoms with Crippen LogP contribution in [0.3, 0.4) is 0 Å². The van der Waals surface area contributed by atoms with Gasteiger partial charge in [-0.2, -0.15) is 0 Å². The first-order valence-corrected chi connectivity index (χ1v) is 8.36. The highest BCUT2D eigenvalue weighted by Gasteiger charge is 2.12. The van der Waals surface area contributed by atoms with Crippen LogP contribution in [0.2, 0.25) is 10.0 Å². The summed E-state index contributed by atoms with van der Waals surface area (Å²) in [6.45, 7) is 1.99. The van der Waals surface area contributed by atoms with Gasteiger partial charge in [-0.3, -0.25) is 0 Å². The lowest BCUT2D eigenvalue weighted by Gasteiger charge is -2.19. The summed E-state index contributed by atoms with van der Waals surface area (Å²) in [4.78, 5) is 0. The van der Waals surface area contributed by atoms with Crippen LogP contribution in [0.25, 0.3) is 0 Å². The number of methoxy groups -OCH3 is 2. The van der Waals surface area contributed by atoms with Crippen molar-refractivity contribution in [3.63, 3.8) is 0 Å². The molecule has 2 N–H and O–H groups in total. The molecule has 2 aromatic rings. The van der Waals surface area contributed by atoms with E-state index in [1.165, 1.54) is 0 Å². The van der Waals surface area contributed by atoms with Crippen molar-refractivity contribution < 1.29 is 9.47 Å². The summed E-state index contributed by atoms with van der Waals surface area (Å²) in [5, 5.41) is 7.60. The number of anilines is 1. The number of hydrogen-bond acceptors (Lipinski definition) is 3. The average molecular weight is 385 g/mol. The third-order valence-corrected chi connectivity index (χ3v) is 4.49. The van der Waals surface area contributed by atoms with Crippen LogP contribution in [0.15, 0.2) is 36.4 Å². The van der Waals surface area contributed by atoms with Crippen LogP contribution >= 0.6 is 35.4 Å². The van der Waals surface area contributed by atoms with Crippen LogP contribution in [0.4, 0.5) is 5.69 Å². The first kappa shape index (κ1) is 18.6. The molecule has 128 valence electrons. The van der Waals surface area contributed by atoms with Gasteiger partial charge in [0, 0.05) is 0 Å². The monoisotopic (exact) mass is 384 g/mol. The smallest absolute Gasteiger partial charge is 0.171 e. The molecule has 0 amide bonds. The van der Waals surface area contributed by atoms with E-state index in [0.717, 1.165) is 5.56 Å². The van der Waals surface area contributed by atoms with Crippen molar-refractivity contribution >= 4 is 46.2 Å². The number of nitrogens with one attached hydrogen (secondary N) is 2. The predicted octanol–water partition coefficient (Wildman–Crippen LogP) is 5.06. The van der Waals surface area contributed by atoms with Gasteiger partial charge in [-0.25, -0.2) is 0 Å². The van der Waals surface area contributed by atoms with Crippen LogP contribution in [0, 0.1) is 0 Å². The molecule has 0 aliphatic carbocycles. The zero-order valence-electron chi connectivity index (χ0n) is 13.5. The maximum atomic E-state index is 6.15. The lowest BCUT2D eigenvalue weighted by Crippen LogP contribution is -2.31. The van der Waals surface area contributed by atoms with E-state index in [1.54, 1.807) is 26.4 Å². The van der Waals surface area contributed by atoms with Gasteiger partial charge in [0.15, 0.2) is 16.6 Å². The standard InChI is InChI=1S/C17H18Cl2N2O2S/c1-10(11-7-8-14(22-2)15(9-11)23-3)20-17(24)21-13-6-4-5-12(18)16(13)19/h4-10H,1-3H3,(H2,20,21,24). The summed E-state index contributed by atoms with van der Waals surface area (Å²) < 4.78 is 10.6. The molecule has 0 aromatic heterocycles. The van der Waals surface area contributed by atoms with Crippen molar-refractivity contribution in [1.29, 1.82) is 0 Å². The molecule has 0 heterocycles. The van der Waals surface area contributed by atoms with Crippen molar-refractivity contribution in [3.05, 3.63) is 52.0 Å². The molecule has 0 saturated carbocycles. The Morgan fingerprint density at radius 2 is 1.79 bits per heavy atom. The Bertz CT molecular complexity index is 741. The largest absolute Gasteiger partial charge is 0.493 e. The van der Waals surface area contributed by atoms with E-state index >= 15 is 0 Å². The van der Waals surface area contributed by atoms with Gasteiger partial charge in [0.05, 0.1) is 36.0 Å². The number of thiocarbonyl (C=S) groups is 1. The molecule has 0 saturated heterocycles. The van der Waals surface area contributed by atoms with Crippen LogP contribution in [-0.4, -0.2) is 19.3 Å². The molecule has 2 rings (SSSR count). The number of hydrogen-bond donors (Lipinski definition) is 2. The van der Waals surface area contributed by atoms with Crippen LogP contribution in [0.5, 0.6) is 11.5 Å². The van der Waals surface area contributed by atoms with Gasteiger partial charge >= 0.3 is 0 Å². The van der Waals surface area contributed by atoms with Crippen LogP contribution in [0.1, 0.15) is 18.5 Å². The minimum atomic E-state index is -0.0391. The number of rotatable bonds is 5. The van der Waals surface area contributed by atoms with E-state index in [9.17, 15) is 0 Å². The summed E-state index contributed by atoms with van der Waals surface area (Å²) in [6, 6.07) is 11.0. The third-order valence-electron chi connectivity index (χ3n) is 3.45. The maximum Gasteiger partial charge on any atom is 0.171 e. The summed E-state index contributed by atoms with van der Waals surface area (Å²) in [6.07, 6.45) is 0. The van der Waals surface area contributed by atoms with E-state index in [0.29, 0.717) is 32.3 Å². The Morgan fingerprint density at radius 1 is 1.08 bits per heavy atom. The molecule has 2 aromatic carbocycles. The van der Waals surface area contributed by atoms with E-state index < -0.39 is 0 Å². The van der Waals surface area contributed by atoms with Crippen molar-refractivity contribution in [3.8, 4) is 11.5 Å². The molecule has 1 atom stereocenters. The quantitative estimate of drug-likeness (QED) is 0.705. The predicted molar refractivity (Wildman–Crippen MR) is 104 cm³/mol. The summed E-state index contributed by atoms with van der Waals surface area (Å²) in [7, 11) is 3.21. The fourth-order valence-corrected chi connectivity index (χ4v) is 2.80. The molecule has 0 fully saturated rings. The summed E-state index contributed by atoms with van der Waals surface area (Å²) in [5.41, 5.74) is 1.66. The lowest BCUT2D eigenvalue weighted by molar-refractivity contribution is 0.354. The Kier molecular flexibility index (Phi) is 6.54. The zero-order chi connectivity index (χ0) is 17.7. The lowest BCUT2D eigenvalue weighted by atomic mass is 10.1. The van der Waals surface area contributed by atoms with Gasteiger partial charge in [0.25, 0.3) is 0 Å². The SMILES string of the molecule is COc1ccc(C(C)NC(=S)Nc2cccc(Cl)c2Cl)cc1OC. The van der Waals surface area contributed by atoms with Gasteiger partial charge in [0.2, 0.25) is 0 Å². The third kappa shape index (κ3) is 4.44. The highest BCUT2D eigenvalue weighted by atomic mass is 35.5. The molecular formula is C17H18Cl2N2O2S. The van der Waals surface area contributed by atoms with Crippen molar-refractivity contribution in [1.82, 2.24) is 5.32 Å². The van der Waals surface area contributed by atoms with Crippen molar-refractivity contribution in [2.45, 2.75) is 13.0 Å². The maximum absolute atomic E-state index is 6.15.